The first-order valence-corrected chi connectivity index (χ1v) is 3.54. The average molecular weight is 169 g/mol. The highest BCUT2D eigenvalue weighted by Gasteiger charge is 2.21. The lowest BCUT2D eigenvalue weighted by Gasteiger charge is -2.12. The molecule has 3 N–H and O–H groups in total. The van der Waals surface area contributed by atoms with Crippen molar-refractivity contribution in [2.75, 3.05) is 0 Å². The van der Waals surface area contributed by atoms with Crippen LogP contribution in [0.4, 0.5) is 0 Å². The zero-order chi connectivity index (χ0) is 9.35. The van der Waals surface area contributed by atoms with Gasteiger partial charge in [0.25, 0.3) is 5.91 Å². The van der Waals surface area contributed by atoms with Crippen LogP contribution in [0.3, 0.4) is 0 Å². The second-order valence-corrected chi connectivity index (χ2v) is 3.09. The highest BCUT2D eigenvalue weighted by atomic mass is 16.4. The molecule has 0 radical (unpaired) electrons. The van der Waals surface area contributed by atoms with Crippen LogP contribution in [0, 0.1) is 0 Å². The third-order valence-electron chi connectivity index (χ3n) is 1.45. The Balaban J connectivity index is 3.00. The van der Waals surface area contributed by atoms with Gasteiger partial charge in [-0.05, 0) is 26.0 Å². The minimum absolute atomic E-state index is 0.0622. The predicted octanol–water partition coefficient (Wildman–Crippen LogP) is 0.606. The monoisotopic (exact) mass is 169 g/mol. The van der Waals surface area contributed by atoms with Crippen molar-refractivity contribution < 1.29 is 14.3 Å². The van der Waals surface area contributed by atoms with Crippen LogP contribution < -0.4 is 5.73 Å². The topological polar surface area (TPSA) is 76.5 Å². The Morgan fingerprint density at radius 1 is 1.58 bits per heavy atom. The van der Waals surface area contributed by atoms with E-state index < -0.39 is 11.5 Å². The van der Waals surface area contributed by atoms with Crippen molar-refractivity contribution in [3.05, 3.63) is 23.7 Å². The molecule has 0 saturated heterocycles. The minimum atomic E-state index is -1.08. The molecule has 1 rings (SSSR count). The molecule has 0 saturated carbocycles. The predicted molar refractivity (Wildman–Crippen MR) is 42.5 cm³/mol. The fourth-order valence-corrected chi connectivity index (χ4v) is 0.799. The summed E-state index contributed by atoms with van der Waals surface area (Å²) >= 11 is 0. The van der Waals surface area contributed by atoms with Crippen molar-refractivity contribution in [3.63, 3.8) is 0 Å². The lowest BCUT2D eigenvalue weighted by atomic mass is 10.1. The Morgan fingerprint density at radius 3 is 2.42 bits per heavy atom. The van der Waals surface area contributed by atoms with Gasteiger partial charge in [0.2, 0.25) is 0 Å². The van der Waals surface area contributed by atoms with Gasteiger partial charge in [0.15, 0.2) is 5.76 Å². The van der Waals surface area contributed by atoms with E-state index in [0.29, 0.717) is 5.76 Å². The van der Waals surface area contributed by atoms with Gasteiger partial charge in [0.05, 0.1) is 0 Å². The van der Waals surface area contributed by atoms with Crippen LogP contribution >= 0.6 is 0 Å². The SMILES string of the molecule is CC(C)(O)c1ccc(C(N)=O)o1. The van der Waals surface area contributed by atoms with Gasteiger partial charge in [0, 0.05) is 0 Å². The number of hydrogen-bond donors (Lipinski definition) is 2. The van der Waals surface area contributed by atoms with Gasteiger partial charge in [0.1, 0.15) is 11.4 Å². The van der Waals surface area contributed by atoms with E-state index in [2.05, 4.69) is 0 Å². The molecule has 1 amide bonds. The fourth-order valence-electron chi connectivity index (χ4n) is 0.799. The lowest BCUT2D eigenvalue weighted by Crippen LogP contribution is -2.14. The van der Waals surface area contributed by atoms with Crippen LogP contribution in [-0.2, 0) is 5.60 Å². The molecule has 0 bridgehead atoms. The number of hydrogen-bond acceptors (Lipinski definition) is 3. The zero-order valence-electron chi connectivity index (χ0n) is 7.00. The maximum atomic E-state index is 10.6. The first-order chi connectivity index (χ1) is 5.41. The van der Waals surface area contributed by atoms with Crippen molar-refractivity contribution in [1.29, 1.82) is 0 Å². The number of nitrogens with two attached hydrogens (primary N) is 1. The highest BCUT2D eigenvalue weighted by Crippen LogP contribution is 2.21. The summed E-state index contributed by atoms with van der Waals surface area (Å²) < 4.78 is 4.98. The summed E-state index contributed by atoms with van der Waals surface area (Å²) in [5.41, 5.74) is 3.88. The summed E-state index contributed by atoms with van der Waals surface area (Å²) in [7, 11) is 0. The Bertz CT molecular complexity index is 295. The molecule has 66 valence electrons. The molecule has 4 nitrogen and oxygen atoms in total. The molecule has 0 aliphatic heterocycles. The second-order valence-electron chi connectivity index (χ2n) is 3.09. The third-order valence-corrected chi connectivity index (χ3v) is 1.45. The molecule has 0 spiro atoms. The van der Waals surface area contributed by atoms with E-state index >= 15 is 0 Å². The van der Waals surface area contributed by atoms with E-state index in [0.717, 1.165) is 0 Å². The van der Waals surface area contributed by atoms with Crippen molar-refractivity contribution in [3.8, 4) is 0 Å². The Kier molecular flexibility index (Phi) is 1.94. The first-order valence-electron chi connectivity index (χ1n) is 3.54. The van der Waals surface area contributed by atoms with Crippen LogP contribution in [-0.4, -0.2) is 11.0 Å². The maximum Gasteiger partial charge on any atom is 0.284 e. The van der Waals surface area contributed by atoms with Crippen LogP contribution in [0.15, 0.2) is 16.5 Å². The molecular formula is C8H11NO3. The van der Waals surface area contributed by atoms with E-state index in [9.17, 15) is 9.90 Å². The summed E-state index contributed by atoms with van der Waals surface area (Å²) in [6.45, 7) is 3.13. The zero-order valence-corrected chi connectivity index (χ0v) is 7.00. The molecule has 0 aliphatic rings. The Morgan fingerprint density at radius 2 is 2.17 bits per heavy atom. The second kappa shape index (κ2) is 2.64. The van der Waals surface area contributed by atoms with E-state index in [1.807, 2.05) is 0 Å². The van der Waals surface area contributed by atoms with E-state index in [-0.39, 0.29) is 5.76 Å². The quantitative estimate of drug-likeness (QED) is 0.680. The summed E-state index contributed by atoms with van der Waals surface area (Å²) in [5, 5.41) is 9.44. The van der Waals surface area contributed by atoms with Crippen molar-refractivity contribution >= 4 is 5.91 Å². The van der Waals surface area contributed by atoms with E-state index in [4.69, 9.17) is 10.2 Å². The van der Waals surface area contributed by atoms with Gasteiger partial charge in [-0.25, -0.2) is 0 Å². The van der Waals surface area contributed by atoms with E-state index in [1.54, 1.807) is 13.8 Å². The molecular weight excluding hydrogens is 158 g/mol. The first kappa shape index (κ1) is 8.80. The molecule has 0 aliphatic carbocycles. The molecule has 1 aromatic rings. The smallest absolute Gasteiger partial charge is 0.284 e. The van der Waals surface area contributed by atoms with Crippen molar-refractivity contribution in [1.82, 2.24) is 0 Å². The minimum Gasteiger partial charge on any atom is -0.453 e. The highest BCUT2D eigenvalue weighted by molar-refractivity contribution is 5.89. The molecule has 0 unspecified atom stereocenters. The van der Waals surface area contributed by atoms with Crippen molar-refractivity contribution in [2.45, 2.75) is 19.4 Å². The number of rotatable bonds is 2. The summed E-state index contributed by atoms with van der Waals surface area (Å²) in [6.07, 6.45) is 0. The number of furan rings is 1. The van der Waals surface area contributed by atoms with Crippen LogP contribution in [0.2, 0.25) is 0 Å². The van der Waals surface area contributed by atoms with Crippen molar-refractivity contribution in [2.24, 2.45) is 5.73 Å². The standard InChI is InChI=1S/C8H11NO3/c1-8(2,11)6-4-3-5(12-6)7(9)10/h3-4,11H,1-2H3,(H2,9,10). The molecule has 0 fully saturated rings. The average Bonchev–Trinajstić information content (AvgIpc) is 2.30. The number of aliphatic hydroxyl groups is 1. The van der Waals surface area contributed by atoms with Crippen LogP contribution in [0.5, 0.6) is 0 Å². The number of carbonyl (C=O) groups excluding carboxylic acids is 1. The normalized spacial score (nSPS) is 11.6. The van der Waals surface area contributed by atoms with Gasteiger partial charge < -0.3 is 15.3 Å². The molecule has 1 aromatic heterocycles. The maximum absolute atomic E-state index is 10.6. The summed E-state index contributed by atoms with van der Waals surface area (Å²) in [6, 6.07) is 2.97. The van der Waals surface area contributed by atoms with Gasteiger partial charge in [-0.1, -0.05) is 0 Å². The number of carbonyl (C=O) groups is 1. The van der Waals surface area contributed by atoms with Gasteiger partial charge in [-0.3, -0.25) is 4.79 Å². The molecule has 0 aromatic carbocycles. The van der Waals surface area contributed by atoms with Crippen LogP contribution in [0.1, 0.15) is 30.2 Å². The third kappa shape index (κ3) is 1.65. The Labute approximate surface area is 70.0 Å². The Hall–Kier alpha value is -1.29. The largest absolute Gasteiger partial charge is 0.453 e. The van der Waals surface area contributed by atoms with Gasteiger partial charge >= 0.3 is 0 Å². The fraction of sp³-hybridized carbons (Fsp3) is 0.375. The summed E-state index contributed by atoms with van der Waals surface area (Å²) in [4.78, 5) is 10.6. The van der Waals surface area contributed by atoms with Gasteiger partial charge in [-0.15, -0.1) is 0 Å². The molecule has 1 heterocycles. The molecule has 12 heavy (non-hydrogen) atoms. The number of amides is 1. The summed E-state index contributed by atoms with van der Waals surface area (Å²) in [5.74, 6) is -0.242. The lowest BCUT2D eigenvalue weighted by molar-refractivity contribution is 0.0525. The molecule has 0 atom stereocenters. The van der Waals surface area contributed by atoms with Crippen LogP contribution in [0.25, 0.3) is 0 Å². The van der Waals surface area contributed by atoms with E-state index in [1.165, 1.54) is 12.1 Å². The number of primary amides is 1. The van der Waals surface area contributed by atoms with Gasteiger partial charge in [-0.2, -0.15) is 0 Å². The molecule has 4 heteroatoms.